The summed E-state index contributed by atoms with van der Waals surface area (Å²) in [5.74, 6) is -0.835. The first-order valence-electron chi connectivity index (χ1n) is 11.8. The summed E-state index contributed by atoms with van der Waals surface area (Å²) in [6.07, 6.45) is 25.0. The average molecular weight is 416 g/mol. The molecule has 28 heavy (non-hydrogen) atoms. The van der Waals surface area contributed by atoms with E-state index in [1.165, 1.54) is 19.3 Å². The topological polar surface area (TPSA) is 83.5 Å². The summed E-state index contributed by atoms with van der Waals surface area (Å²) in [4.78, 5) is 11.8. The number of nitrogens with one attached hydrogen (secondary N) is 1. The Balaban J connectivity index is 3.96. The van der Waals surface area contributed by atoms with Gasteiger partial charge < -0.3 is 5.32 Å². The Morgan fingerprint density at radius 2 is 1.39 bits per heavy atom. The lowest BCUT2D eigenvalue weighted by molar-refractivity contribution is -0.121. The molecule has 160 valence electrons. The van der Waals surface area contributed by atoms with Crippen LogP contribution < -0.4 is 5.32 Å². The second-order valence-electron chi connectivity index (χ2n) is 6.23. The van der Waals surface area contributed by atoms with Crippen molar-refractivity contribution in [2.75, 3.05) is 12.2 Å². The molecular weight excluding hydrogens is 374 g/mol. The molecule has 0 aromatic rings. The lowest BCUT2D eigenvalue weighted by atomic mass is 10.2. The molecule has 0 bridgehead atoms. The second kappa shape index (κ2) is 18.7. The monoisotopic (exact) mass is 415 g/mol. The smallest absolute Gasteiger partial charge is 0.266 e. The van der Waals surface area contributed by atoms with Crippen molar-refractivity contribution in [2.24, 2.45) is 0 Å². The predicted molar refractivity (Wildman–Crippen MR) is 118 cm³/mol. The molecule has 0 saturated heterocycles. The van der Waals surface area contributed by atoms with Gasteiger partial charge in [-0.15, -0.1) is 0 Å². The largest absolute Gasteiger partial charge is 0.355 e. The van der Waals surface area contributed by atoms with Crippen LogP contribution in [0.4, 0.5) is 0 Å². The minimum absolute atomic E-state index is 0.0981. The fourth-order valence-corrected chi connectivity index (χ4v) is 2.34. The quantitative estimate of drug-likeness (QED) is 0.196. The van der Waals surface area contributed by atoms with Crippen LogP contribution in [0.2, 0.25) is 0 Å². The maximum atomic E-state index is 11.8. The average Bonchev–Trinajstić information content (AvgIpc) is 2.69. The van der Waals surface area contributed by atoms with Gasteiger partial charge in [-0.2, -0.15) is 8.42 Å². The molecule has 0 saturated carbocycles. The number of unbranched alkanes of at least 4 members (excludes halogenated alkanes) is 4. The number of allylic oxidation sites excluding steroid dienone is 8. The van der Waals surface area contributed by atoms with Crippen LogP contribution >= 0.6 is 0 Å². The third-order valence-electron chi connectivity index (χ3n) is 3.61. The number of carbonyl (C=O) groups excluding carboxylic acids is 1. The molecule has 0 unspecified atom stereocenters. The van der Waals surface area contributed by atoms with Crippen LogP contribution in [0.1, 0.15) is 76.6 Å². The summed E-state index contributed by atoms with van der Waals surface area (Å²) in [5, 5.41) is 1.69. The number of hydrogen-bond acceptors (Lipinski definition) is 3. The molecule has 0 aliphatic carbocycles. The van der Waals surface area contributed by atoms with E-state index >= 15 is 0 Å². The minimum Gasteiger partial charge on any atom is -0.355 e. The van der Waals surface area contributed by atoms with E-state index in [-0.39, 0.29) is 6.42 Å². The van der Waals surface area contributed by atoms with Gasteiger partial charge in [-0.05, 0) is 44.9 Å². The van der Waals surface area contributed by atoms with Crippen LogP contribution in [0.5, 0.6) is 0 Å². The molecular formula is C22H37NO4S. The highest BCUT2D eigenvalue weighted by atomic mass is 32.2. The standard InChI is InChI=1S/C22H37NO4S/c1-2-3-4-5-6-7-8-9-10-11-12-13-14-15-16-17-18-19-22(24)23-20-21-28(25,26)27/h6-7,9-10,12-13,15-16H,2-5,8,11,14,17-21H2,1H3,(H,23,24)(H,25,26,27)/b7-6-,10-9-,13-12-,16-15-/i20D2,21D2. The van der Waals surface area contributed by atoms with Gasteiger partial charge in [0.1, 0.15) is 0 Å². The zero-order valence-corrected chi connectivity index (χ0v) is 17.6. The van der Waals surface area contributed by atoms with E-state index in [4.69, 9.17) is 10.0 Å². The highest BCUT2D eigenvalue weighted by molar-refractivity contribution is 7.85. The summed E-state index contributed by atoms with van der Waals surface area (Å²) in [7, 11) is -5.34. The molecule has 6 heteroatoms. The molecule has 0 spiro atoms. The molecule has 1 amide bonds. The molecule has 0 radical (unpaired) electrons. The zero-order valence-electron chi connectivity index (χ0n) is 20.8. The highest BCUT2D eigenvalue weighted by Gasteiger charge is 2.05. The highest BCUT2D eigenvalue weighted by Crippen LogP contribution is 2.01. The van der Waals surface area contributed by atoms with Gasteiger partial charge in [0, 0.05) is 15.7 Å². The van der Waals surface area contributed by atoms with E-state index < -0.39 is 28.2 Å². The van der Waals surface area contributed by atoms with Crippen molar-refractivity contribution in [1.29, 1.82) is 0 Å². The Kier molecular flexibility index (Phi) is 13.1. The van der Waals surface area contributed by atoms with Gasteiger partial charge in [0.05, 0.1) is 8.45 Å². The molecule has 0 aliphatic rings. The van der Waals surface area contributed by atoms with Crippen LogP contribution in [0.25, 0.3) is 0 Å². The number of amides is 1. The van der Waals surface area contributed by atoms with Crippen molar-refractivity contribution < 1.29 is 23.2 Å². The normalized spacial score (nSPS) is 15.9. The summed E-state index contributed by atoms with van der Waals surface area (Å²) < 4.78 is 60.0. The van der Waals surface area contributed by atoms with E-state index in [1.807, 2.05) is 18.2 Å². The summed E-state index contributed by atoms with van der Waals surface area (Å²) >= 11 is 0. The van der Waals surface area contributed by atoms with E-state index in [0.717, 1.165) is 25.7 Å². The number of carbonyl (C=O) groups is 1. The van der Waals surface area contributed by atoms with Crippen molar-refractivity contribution in [3.8, 4) is 0 Å². The van der Waals surface area contributed by atoms with E-state index in [0.29, 0.717) is 12.8 Å². The Morgan fingerprint density at radius 3 is 1.89 bits per heavy atom. The fraction of sp³-hybridized carbons (Fsp3) is 0.591. The molecule has 0 heterocycles. The van der Waals surface area contributed by atoms with Gasteiger partial charge in [-0.3, -0.25) is 9.35 Å². The lowest BCUT2D eigenvalue weighted by Gasteiger charge is -2.02. The van der Waals surface area contributed by atoms with E-state index in [2.05, 4.69) is 37.3 Å². The van der Waals surface area contributed by atoms with Crippen molar-refractivity contribution in [3.63, 3.8) is 0 Å². The van der Waals surface area contributed by atoms with Crippen LogP contribution in [-0.2, 0) is 14.9 Å². The van der Waals surface area contributed by atoms with E-state index in [1.54, 1.807) is 5.32 Å². The summed E-state index contributed by atoms with van der Waals surface area (Å²) in [5.41, 5.74) is -3.65. The number of rotatable bonds is 17. The first kappa shape index (κ1) is 19.6. The van der Waals surface area contributed by atoms with Gasteiger partial charge in [0.2, 0.25) is 5.91 Å². The Bertz CT molecular complexity index is 760. The molecule has 0 aromatic heterocycles. The van der Waals surface area contributed by atoms with Crippen LogP contribution in [-0.4, -0.2) is 31.1 Å². The molecule has 0 atom stereocenters. The Morgan fingerprint density at radius 1 is 0.893 bits per heavy atom. The first-order valence-corrected chi connectivity index (χ1v) is 11.3. The molecule has 0 fully saturated rings. The van der Waals surface area contributed by atoms with Crippen LogP contribution in [0.15, 0.2) is 48.6 Å². The fourth-order valence-electron chi connectivity index (χ4n) is 2.16. The molecule has 0 aliphatic heterocycles. The SMILES string of the molecule is [2H]C([2H])(NC(=O)CCC/C=C\C/C=C\C/C=C\C/C=C\CCCCC)C([2H])([2H])S(=O)(=O)O. The van der Waals surface area contributed by atoms with Crippen molar-refractivity contribution >= 4 is 16.0 Å². The van der Waals surface area contributed by atoms with Gasteiger partial charge in [0.25, 0.3) is 10.1 Å². The van der Waals surface area contributed by atoms with Gasteiger partial charge in [0.15, 0.2) is 0 Å². The molecule has 5 nitrogen and oxygen atoms in total. The van der Waals surface area contributed by atoms with E-state index in [9.17, 15) is 13.2 Å². The maximum absolute atomic E-state index is 11.8. The second-order valence-corrected chi connectivity index (χ2v) is 7.39. The Hall–Kier alpha value is -1.66. The number of hydrogen-bond donors (Lipinski definition) is 2. The zero-order chi connectivity index (χ0) is 24.5. The predicted octanol–water partition coefficient (Wildman–Crippen LogP) is 5.14. The van der Waals surface area contributed by atoms with Gasteiger partial charge in [-0.25, -0.2) is 0 Å². The van der Waals surface area contributed by atoms with Gasteiger partial charge in [-0.1, -0.05) is 68.4 Å². The van der Waals surface area contributed by atoms with Crippen LogP contribution in [0, 0.1) is 0 Å². The third kappa shape index (κ3) is 22.4. The third-order valence-corrected chi connectivity index (χ3v) is 3.97. The lowest BCUT2D eigenvalue weighted by Crippen LogP contribution is -2.28. The van der Waals surface area contributed by atoms with Crippen molar-refractivity contribution in [2.45, 2.75) is 71.1 Å². The minimum atomic E-state index is -5.34. The molecule has 0 rings (SSSR count). The Labute approximate surface area is 177 Å². The molecule has 0 aromatic carbocycles. The van der Waals surface area contributed by atoms with Gasteiger partial charge >= 0.3 is 0 Å². The van der Waals surface area contributed by atoms with Crippen LogP contribution in [0.3, 0.4) is 0 Å². The van der Waals surface area contributed by atoms with Crippen molar-refractivity contribution in [3.05, 3.63) is 48.6 Å². The summed E-state index contributed by atoms with van der Waals surface area (Å²) in [6.45, 7) is -1.05. The first-order chi connectivity index (χ1) is 15.0. The molecule has 2 N–H and O–H groups in total. The van der Waals surface area contributed by atoms with Crippen molar-refractivity contribution in [1.82, 2.24) is 5.32 Å². The summed E-state index contributed by atoms with van der Waals surface area (Å²) in [6, 6.07) is 0. The maximum Gasteiger partial charge on any atom is 0.266 e.